The molecule has 0 saturated carbocycles. The molecule has 0 aromatic rings. The van der Waals surface area contributed by atoms with Crippen LogP contribution in [0.5, 0.6) is 0 Å². The van der Waals surface area contributed by atoms with Gasteiger partial charge in [-0.1, -0.05) is 26.7 Å². The van der Waals surface area contributed by atoms with Crippen LogP contribution in [0.25, 0.3) is 0 Å². The van der Waals surface area contributed by atoms with Gasteiger partial charge in [-0.3, -0.25) is 0 Å². The largest absolute Gasteiger partial charge is 0.478 e. The van der Waals surface area contributed by atoms with E-state index in [0.29, 0.717) is 25.7 Å². The summed E-state index contributed by atoms with van der Waals surface area (Å²) in [7, 11) is 0. The number of carboxylic acids is 2. The van der Waals surface area contributed by atoms with Crippen LogP contribution in [-0.2, 0) is 9.59 Å². The Morgan fingerprint density at radius 1 is 0.812 bits per heavy atom. The van der Waals surface area contributed by atoms with Crippen molar-refractivity contribution < 1.29 is 19.8 Å². The Labute approximate surface area is 96.0 Å². The summed E-state index contributed by atoms with van der Waals surface area (Å²) in [6.07, 6.45) is 3.83. The molecule has 0 unspecified atom stereocenters. The van der Waals surface area contributed by atoms with Crippen molar-refractivity contribution in [2.45, 2.75) is 52.4 Å². The maximum absolute atomic E-state index is 11.0. The summed E-state index contributed by atoms with van der Waals surface area (Å²) in [6, 6.07) is 0. The van der Waals surface area contributed by atoms with E-state index >= 15 is 0 Å². The number of hydrogen-bond donors (Lipinski definition) is 2. The number of carbonyl (C=O) groups is 2. The third-order valence-electron chi connectivity index (χ3n) is 2.44. The number of aliphatic carboxylic acids is 2. The molecule has 0 spiro atoms. The number of rotatable bonds is 8. The predicted octanol–water partition coefficient (Wildman–Crippen LogP) is 2.83. The molecule has 0 aliphatic rings. The zero-order valence-corrected chi connectivity index (χ0v) is 9.95. The lowest BCUT2D eigenvalue weighted by atomic mass is 9.98. The minimum Gasteiger partial charge on any atom is -0.478 e. The number of carboxylic acid groups (broad SMARTS) is 2. The molecule has 0 radical (unpaired) electrons. The van der Waals surface area contributed by atoms with E-state index in [0.717, 1.165) is 12.8 Å². The van der Waals surface area contributed by atoms with Crippen molar-refractivity contribution in [3.05, 3.63) is 11.1 Å². The van der Waals surface area contributed by atoms with Gasteiger partial charge in [0.2, 0.25) is 0 Å². The maximum Gasteiger partial charge on any atom is 0.332 e. The summed E-state index contributed by atoms with van der Waals surface area (Å²) in [5.74, 6) is -2.19. The van der Waals surface area contributed by atoms with Gasteiger partial charge in [0, 0.05) is 11.1 Å². The predicted molar refractivity (Wildman–Crippen MR) is 61.3 cm³/mol. The molecule has 4 heteroatoms. The molecular formula is C12H20O4. The molecule has 0 bridgehead atoms. The summed E-state index contributed by atoms with van der Waals surface area (Å²) in [6.45, 7) is 3.90. The minimum atomic E-state index is -1.10. The van der Waals surface area contributed by atoms with Crippen molar-refractivity contribution in [1.29, 1.82) is 0 Å². The second-order valence-corrected chi connectivity index (χ2v) is 3.77. The van der Waals surface area contributed by atoms with E-state index in [1.807, 2.05) is 13.8 Å². The van der Waals surface area contributed by atoms with Gasteiger partial charge < -0.3 is 10.2 Å². The molecule has 0 aromatic heterocycles. The van der Waals surface area contributed by atoms with E-state index in [2.05, 4.69) is 0 Å². The third-order valence-corrected chi connectivity index (χ3v) is 2.44. The summed E-state index contributed by atoms with van der Waals surface area (Å²) in [5, 5.41) is 18.0. The van der Waals surface area contributed by atoms with Gasteiger partial charge in [-0.2, -0.15) is 0 Å². The van der Waals surface area contributed by atoms with Crippen LogP contribution in [0, 0.1) is 0 Å². The highest BCUT2D eigenvalue weighted by atomic mass is 16.4. The molecule has 0 saturated heterocycles. The fourth-order valence-corrected chi connectivity index (χ4v) is 1.48. The van der Waals surface area contributed by atoms with Crippen LogP contribution in [0.1, 0.15) is 52.4 Å². The minimum absolute atomic E-state index is 0.0720. The molecule has 0 aliphatic heterocycles. The van der Waals surface area contributed by atoms with E-state index in [9.17, 15) is 9.59 Å². The van der Waals surface area contributed by atoms with Crippen LogP contribution in [0.4, 0.5) is 0 Å². The summed E-state index contributed by atoms with van der Waals surface area (Å²) in [5.41, 5.74) is 0.144. The fourth-order valence-electron chi connectivity index (χ4n) is 1.48. The molecule has 0 aromatic carbocycles. The van der Waals surface area contributed by atoms with Crippen LogP contribution in [0.15, 0.2) is 11.1 Å². The van der Waals surface area contributed by atoms with Gasteiger partial charge in [-0.05, 0) is 25.7 Å². The van der Waals surface area contributed by atoms with Gasteiger partial charge >= 0.3 is 11.9 Å². The van der Waals surface area contributed by atoms with Crippen LogP contribution >= 0.6 is 0 Å². The molecule has 0 rings (SSSR count). The average Bonchev–Trinajstić information content (AvgIpc) is 2.21. The quantitative estimate of drug-likeness (QED) is 0.626. The Balaban J connectivity index is 4.94. The Morgan fingerprint density at radius 2 is 1.12 bits per heavy atom. The first-order chi connectivity index (χ1) is 7.54. The number of hydrogen-bond acceptors (Lipinski definition) is 2. The molecular weight excluding hydrogens is 208 g/mol. The first-order valence-electron chi connectivity index (χ1n) is 5.73. The van der Waals surface area contributed by atoms with E-state index in [-0.39, 0.29) is 11.1 Å². The molecule has 2 N–H and O–H groups in total. The van der Waals surface area contributed by atoms with Crippen molar-refractivity contribution in [2.75, 3.05) is 0 Å². The Hall–Kier alpha value is -1.32. The molecule has 0 heterocycles. The van der Waals surface area contributed by atoms with Crippen molar-refractivity contribution >= 4 is 11.9 Å². The van der Waals surface area contributed by atoms with Gasteiger partial charge in [0.25, 0.3) is 0 Å². The SMILES string of the molecule is CCCC/C(C(=O)O)=C(\CCCC)C(=O)O. The molecule has 0 atom stereocenters. The first kappa shape index (κ1) is 14.7. The summed E-state index contributed by atoms with van der Waals surface area (Å²) in [4.78, 5) is 22.0. The van der Waals surface area contributed by atoms with Gasteiger partial charge in [0.15, 0.2) is 0 Å². The third kappa shape index (κ3) is 4.96. The molecule has 0 aliphatic carbocycles. The van der Waals surface area contributed by atoms with Crippen molar-refractivity contribution in [3.8, 4) is 0 Å². The topological polar surface area (TPSA) is 74.6 Å². The Morgan fingerprint density at radius 3 is 1.31 bits per heavy atom. The van der Waals surface area contributed by atoms with Gasteiger partial charge in [-0.25, -0.2) is 9.59 Å². The average molecular weight is 228 g/mol. The lowest BCUT2D eigenvalue weighted by Crippen LogP contribution is -2.11. The zero-order chi connectivity index (χ0) is 12.6. The van der Waals surface area contributed by atoms with Gasteiger partial charge in [-0.15, -0.1) is 0 Å². The lowest BCUT2D eigenvalue weighted by molar-refractivity contribution is -0.136. The van der Waals surface area contributed by atoms with E-state index < -0.39 is 11.9 Å². The highest BCUT2D eigenvalue weighted by Gasteiger charge is 2.18. The lowest BCUT2D eigenvalue weighted by Gasteiger charge is -2.08. The van der Waals surface area contributed by atoms with Gasteiger partial charge in [0.05, 0.1) is 0 Å². The monoisotopic (exact) mass is 228 g/mol. The summed E-state index contributed by atoms with van der Waals surface area (Å²) < 4.78 is 0. The molecule has 0 amide bonds. The second-order valence-electron chi connectivity index (χ2n) is 3.77. The Bertz CT molecular complexity index is 251. The van der Waals surface area contributed by atoms with Crippen molar-refractivity contribution in [2.24, 2.45) is 0 Å². The van der Waals surface area contributed by atoms with Crippen LogP contribution in [-0.4, -0.2) is 22.2 Å². The standard InChI is InChI=1S/C12H20O4/c1-3-5-7-9(11(13)14)10(12(15)16)8-6-4-2/h3-8H2,1-2H3,(H,13,14)(H,15,16)/b10-9-. The van der Waals surface area contributed by atoms with E-state index in [4.69, 9.17) is 10.2 Å². The normalized spacial score (nSPS) is 12.1. The second kappa shape index (κ2) is 7.91. The van der Waals surface area contributed by atoms with Crippen molar-refractivity contribution in [3.63, 3.8) is 0 Å². The smallest absolute Gasteiger partial charge is 0.332 e. The van der Waals surface area contributed by atoms with Crippen LogP contribution in [0.3, 0.4) is 0 Å². The molecule has 0 fully saturated rings. The van der Waals surface area contributed by atoms with E-state index in [1.54, 1.807) is 0 Å². The highest BCUT2D eigenvalue weighted by molar-refractivity contribution is 5.98. The zero-order valence-electron chi connectivity index (χ0n) is 9.95. The maximum atomic E-state index is 11.0. The first-order valence-corrected chi connectivity index (χ1v) is 5.73. The van der Waals surface area contributed by atoms with Crippen LogP contribution in [0.2, 0.25) is 0 Å². The fraction of sp³-hybridized carbons (Fsp3) is 0.667. The van der Waals surface area contributed by atoms with Gasteiger partial charge in [0.1, 0.15) is 0 Å². The highest BCUT2D eigenvalue weighted by Crippen LogP contribution is 2.18. The molecule has 16 heavy (non-hydrogen) atoms. The summed E-state index contributed by atoms with van der Waals surface area (Å²) >= 11 is 0. The molecule has 92 valence electrons. The van der Waals surface area contributed by atoms with Crippen LogP contribution < -0.4 is 0 Å². The van der Waals surface area contributed by atoms with E-state index in [1.165, 1.54) is 0 Å². The Kier molecular flexibility index (Phi) is 7.25. The molecule has 4 nitrogen and oxygen atoms in total. The number of unbranched alkanes of at least 4 members (excludes halogenated alkanes) is 2. The van der Waals surface area contributed by atoms with Crippen molar-refractivity contribution in [1.82, 2.24) is 0 Å².